The monoisotopic (exact) mass is 378 g/mol. The fraction of sp³-hybridized carbons (Fsp3) is 0.435. The average molecular weight is 379 g/mol. The molecule has 0 saturated carbocycles. The van der Waals surface area contributed by atoms with Crippen molar-refractivity contribution in [3.63, 3.8) is 0 Å². The summed E-state index contributed by atoms with van der Waals surface area (Å²) in [5.74, 6) is 0.0140. The van der Waals surface area contributed by atoms with Gasteiger partial charge in [0.1, 0.15) is 0 Å². The van der Waals surface area contributed by atoms with Crippen molar-refractivity contribution in [3.8, 4) is 11.3 Å². The number of hydrogen-bond donors (Lipinski definition) is 0. The molecule has 0 unspecified atom stereocenters. The third-order valence-electron chi connectivity index (χ3n) is 5.17. The van der Waals surface area contributed by atoms with E-state index in [-0.39, 0.29) is 17.5 Å². The number of hydrogen-bond acceptors (Lipinski definition) is 3. The minimum atomic E-state index is -0.109. The van der Waals surface area contributed by atoms with Gasteiger partial charge in [0.2, 0.25) is 0 Å². The summed E-state index contributed by atoms with van der Waals surface area (Å²) in [4.78, 5) is 19.8. The van der Waals surface area contributed by atoms with Gasteiger partial charge in [0, 0.05) is 30.2 Å². The van der Waals surface area contributed by atoms with Gasteiger partial charge in [-0.05, 0) is 64.8 Å². The van der Waals surface area contributed by atoms with E-state index in [2.05, 4.69) is 44.9 Å². The minimum absolute atomic E-state index is 0.0140. The van der Waals surface area contributed by atoms with Gasteiger partial charge in [0.25, 0.3) is 5.91 Å². The fourth-order valence-corrected chi connectivity index (χ4v) is 3.06. The molecule has 0 bridgehead atoms. The highest BCUT2D eigenvalue weighted by atomic mass is 16.2. The molecular weight excluding hydrogens is 348 g/mol. The van der Waals surface area contributed by atoms with E-state index in [0.29, 0.717) is 5.56 Å². The lowest BCUT2D eigenvalue weighted by atomic mass is 10.0. The van der Waals surface area contributed by atoms with Gasteiger partial charge in [-0.1, -0.05) is 13.0 Å². The number of fused-ring (bicyclic) bond motifs is 1. The molecule has 0 spiro atoms. The third-order valence-corrected chi connectivity index (χ3v) is 5.17. The van der Waals surface area contributed by atoms with Gasteiger partial charge in [0.05, 0.1) is 28.5 Å². The van der Waals surface area contributed by atoms with E-state index in [1.807, 2.05) is 50.1 Å². The topological polar surface area (TPSA) is 51.0 Å². The van der Waals surface area contributed by atoms with Crippen molar-refractivity contribution in [1.82, 2.24) is 19.7 Å². The maximum atomic E-state index is 13.2. The van der Waals surface area contributed by atoms with Crippen LogP contribution >= 0.6 is 0 Å². The summed E-state index contributed by atoms with van der Waals surface area (Å²) in [6.07, 6.45) is 4.74. The molecule has 1 amide bonds. The molecule has 5 heteroatoms. The Hall–Kier alpha value is -2.69. The predicted octanol–water partition coefficient (Wildman–Crippen LogP) is 4.90. The molecule has 0 fully saturated rings. The molecule has 0 N–H and O–H groups in total. The van der Waals surface area contributed by atoms with Gasteiger partial charge in [-0.25, -0.2) is 4.98 Å². The second-order valence-electron chi connectivity index (χ2n) is 8.61. The van der Waals surface area contributed by atoms with Crippen molar-refractivity contribution in [2.45, 2.75) is 59.5 Å². The van der Waals surface area contributed by atoms with Crippen LogP contribution < -0.4 is 0 Å². The Labute approximate surface area is 167 Å². The van der Waals surface area contributed by atoms with Crippen molar-refractivity contribution in [1.29, 1.82) is 0 Å². The molecule has 1 aromatic carbocycles. The zero-order valence-corrected chi connectivity index (χ0v) is 17.9. The highest BCUT2D eigenvalue weighted by molar-refractivity contribution is 6.07. The molecular formula is C23H30N4O. The second kappa shape index (κ2) is 7.38. The lowest BCUT2D eigenvalue weighted by Gasteiger charge is -2.22. The van der Waals surface area contributed by atoms with E-state index in [4.69, 9.17) is 4.98 Å². The van der Waals surface area contributed by atoms with E-state index in [1.165, 1.54) is 5.56 Å². The molecule has 148 valence electrons. The normalized spacial score (nSPS) is 12.0. The molecule has 2 heterocycles. The Bertz CT molecular complexity index is 1010. The van der Waals surface area contributed by atoms with E-state index >= 15 is 0 Å². The van der Waals surface area contributed by atoms with Crippen LogP contribution in [0.1, 0.15) is 57.5 Å². The van der Waals surface area contributed by atoms with Crippen LogP contribution in [0.15, 0.2) is 36.7 Å². The Balaban J connectivity index is 2.20. The smallest absolute Gasteiger partial charge is 0.254 e. The number of carbonyl (C=O) groups is 1. The van der Waals surface area contributed by atoms with Crippen molar-refractivity contribution < 1.29 is 4.79 Å². The van der Waals surface area contributed by atoms with Crippen LogP contribution in [0.4, 0.5) is 0 Å². The minimum Gasteiger partial charge on any atom is -0.339 e. The van der Waals surface area contributed by atoms with Crippen molar-refractivity contribution >= 4 is 16.8 Å². The van der Waals surface area contributed by atoms with Crippen LogP contribution in [0.25, 0.3) is 22.2 Å². The van der Waals surface area contributed by atoms with Gasteiger partial charge < -0.3 is 4.90 Å². The standard InChI is InChI=1S/C23H30N4O/c1-8-16-9-10-20-18(11-16)19(22(28)26(7)15(2)3)12-21(25-20)17-13-24-27(14-17)23(4,5)6/h9-15H,8H2,1-7H3. The number of nitrogens with zero attached hydrogens (tertiary/aromatic N) is 4. The van der Waals surface area contributed by atoms with E-state index in [1.54, 1.807) is 4.90 Å². The quantitative estimate of drug-likeness (QED) is 0.649. The summed E-state index contributed by atoms with van der Waals surface area (Å²) < 4.78 is 1.93. The molecule has 3 aromatic rings. The maximum absolute atomic E-state index is 13.2. The van der Waals surface area contributed by atoms with Crippen LogP contribution in [-0.4, -0.2) is 38.7 Å². The Morgan fingerprint density at radius 2 is 1.93 bits per heavy atom. The summed E-state index contributed by atoms with van der Waals surface area (Å²) in [7, 11) is 1.85. The Morgan fingerprint density at radius 1 is 1.21 bits per heavy atom. The van der Waals surface area contributed by atoms with Gasteiger partial charge in [0.15, 0.2) is 0 Å². The van der Waals surface area contributed by atoms with Crippen molar-refractivity contribution in [2.24, 2.45) is 0 Å². The lowest BCUT2D eigenvalue weighted by Crippen LogP contribution is -2.33. The van der Waals surface area contributed by atoms with E-state index in [0.717, 1.165) is 28.6 Å². The predicted molar refractivity (Wildman–Crippen MR) is 115 cm³/mol. The first-order chi connectivity index (χ1) is 13.1. The third kappa shape index (κ3) is 3.79. The highest BCUT2D eigenvalue weighted by Gasteiger charge is 2.21. The fourth-order valence-electron chi connectivity index (χ4n) is 3.06. The van der Waals surface area contributed by atoms with E-state index < -0.39 is 0 Å². The summed E-state index contributed by atoms with van der Waals surface area (Å²) in [5.41, 5.74) is 4.30. The van der Waals surface area contributed by atoms with Crippen LogP contribution in [0, 0.1) is 0 Å². The largest absolute Gasteiger partial charge is 0.339 e. The Morgan fingerprint density at radius 3 is 2.50 bits per heavy atom. The van der Waals surface area contributed by atoms with Crippen LogP contribution in [0.3, 0.4) is 0 Å². The number of rotatable bonds is 4. The number of aryl methyl sites for hydroxylation is 1. The van der Waals surface area contributed by atoms with Gasteiger partial charge >= 0.3 is 0 Å². The molecule has 3 rings (SSSR count). The van der Waals surface area contributed by atoms with Gasteiger partial charge in [-0.3, -0.25) is 9.48 Å². The number of aromatic nitrogens is 3. The SMILES string of the molecule is CCc1ccc2nc(-c3cnn(C(C)(C)C)c3)cc(C(=O)N(C)C(C)C)c2c1. The number of pyridine rings is 1. The van der Waals surface area contributed by atoms with E-state index in [9.17, 15) is 4.79 Å². The molecule has 0 aliphatic carbocycles. The van der Waals surface area contributed by atoms with Crippen LogP contribution in [0.2, 0.25) is 0 Å². The van der Waals surface area contributed by atoms with Crippen LogP contribution in [0.5, 0.6) is 0 Å². The molecule has 0 aliphatic rings. The second-order valence-corrected chi connectivity index (χ2v) is 8.61. The molecule has 0 atom stereocenters. The summed E-state index contributed by atoms with van der Waals surface area (Å²) in [6.45, 7) is 12.5. The summed E-state index contributed by atoms with van der Waals surface area (Å²) >= 11 is 0. The molecule has 0 saturated heterocycles. The molecule has 5 nitrogen and oxygen atoms in total. The lowest BCUT2D eigenvalue weighted by molar-refractivity contribution is 0.0757. The number of carbonyl (C=O) groups excluding carboxylic acids is 1. The van der Waals surface area contributed by atoms with Crippen molar-refractivity contribution in [2.75, 3.05) is 7.05 Å². The maximum Gasteiger partial charge on any atom is 0.254 e. The number of benzene rings is 1. The molecule has 0 aliphatic heterocycles. The summed E-state index contributed by atoms with van der Waals surface area (Å²) in [5, 5.41) is 5.40. The Kier molecular flexibility index (Phi) is 5.28. The van der Waals surface area contributed by atoms with Crippen molar-refractivity contribution in [3.05, 3.63) is 47.8 Å². The molecule has 28 heavy (non-hydrogen) atoms. The zero-order valence-electron chi connectivity index (χ0n) is 17.9. The molecule has 0 radical (unpaired) electrons. The highest BCUT2D eigenvalue weighted by Crippen LogP contribution is 2.28. The first-order valence-electron chi connectivity index (χ1n) is 9.88. The zero-order chi connectivity index (χ0) is 20.6. The first-order valence-corrected chi connectivity index (χ1v) is 9.88. The summed E-state index contributed by atoms with van der Waals surface area (Å²) in [6, 6.07) is 8.21. The average Bonchev–Trinajstić information content (AvgIpc) is 3.16. The number of amides is 1. The van der Waals surface area contributed by atoms with Gasteiger partial charge in [-0.15, -0.1) is 0 Å². The molecule has 2 aromatic heterocycles. The first kappa shape index (κ1) is 20.1. The van der Waals surface area contributed by atoms with Crippen LogP contribution in [-0.2, 0) is 12.0 Å². The van der Waals surface area contributed by atoms with Gasteiger partial charge in [-0.2, -0.15) is 5.10 Å².